The van der Waals surface area contributed by atoms with Gasteiger partial charge in [-0.3, -0.25) is 14.9 Å². The standard InChI is InChI=1S/C17H25N3O4/c1-3-4-5-6-17(21)19-11-9-18(10-12-19)15-8-7-14(24-2)13-16(15)20(22)23/h7-8,13H,3-6,9-12H2,1-2H3. The van der Waals surface area contributed by atoms with Crippen LogP contribution in [0.1, 0.15) is 32.6 Å². The zero-order chi connectivity index (χ0) is 17.5. The maximum absolute atomic E-state index is 12.2. The molecule has 24 heavy (non-hydrogen) atoms. The second kappa shape index (κ2) is 8.52. The monoisotopic (exact) mass is 335 g/mol. The van der Waals surface area contributed by atoms with E-state index >= 15 is 0 Å². The molecule has 0 spiro atoms. The smallest absolute Gasteiger partial charge is 0.296 e. The van der Waals surface area contributed by atoms with E-state index < -0.39 is 0 Å². The lowest BCUT2D eigenvalue weighted by Gasteiger charge is -2.36. The van der Waals surface area contributed by atoms with Crippen LogP contribution in [0.2, 0.25) is 0 Å². The van der Waals surface area contributed by atoms with Crippen molar-refractivity contribution in [3.05, 3.63) is 28.3 Å². The number of piperazine rings is 1. The van der Waals surface area contributed by atoms with Gasteiger partial charge in [0.2, 0.25) is 5.91 Å². The SMILES string of the molecule is CCCCCC(=O)N1CCN(c2ccc(OC)cc2[N+](=O)[O-])CC1. The molecule has 2 rings (SSSR count). The Hall–Kier alpha value is -2.31. The molecule has 0 atom stereocenters. The number of nitrogens with zero attached hydrogens (tertiary/aromatic N) is 3. The largest absolute Gasteiger partial charge is 0.496 e. The number of carbonyl (C=O) groups excluding carboxylic acids is 1. The maximum atomic E-state index is 12.2. The summed E-state index contributed by atoms with van der Waals surface area (Å²) in [6.07, 6.45) is 3.70. The van der Waals surface area contributed by atoms with Gasteiger partial charge in [-0.2, -0.15) is 0 Å². The van der Waals surface area contributed by atoms with Gasteiger partial charge in [0, 0.05) is 32.6 Å². The number of hydrogen-bond acceptors (Lipinski definition) is 5. The summed E-state index contributed by atoms with van der Waals surface area (Å²) < 4.78 is 5.07. The number of nitro groups is 1. The Morgan fingerprint density at radius 3 is 2.54 bits per heavy atom. The first-order chi connectivity index (χ1) is 11.6. The highest BCUT2D eigenvalue weighted by molar-refractivity contribution is 5.76. The molecule has 0 bridgehead atoms. The van der Waals surface area contributed by atoms with Crippen LogP contribution < -0.4 is 9.64 Å². The van der Waals surface area contributed by atoms with Crippen LogP contribution in [-0.4, -0.2) is 49.0 Å². The minimum Gasteiger partial charge on any atom is -0.496 e. The zero-order valence-corrected chi connectivity index (χ0v) is 14.4. The number of benzene rings is 1. The highest BCUT2D eigenvalue weighted by Crippen LogP contribution is 2.32. The quantitative estimate of drug-likeness (QED) is 0.435. The third-order valence-corrected chi connectivity index (χ3v) is 4.35. The molecule has 1 aliphatic rings. The predicted octanol–water partition coefficient (Wildman–Crippen LogP) is 2.83. The first-order valence-electron chi connectivity index (χ1n) is 8.42. The summed E-state index contributed by atoms with van der Waals surface area (Å²) in [7, 11) is 1.49. The topological polar surface area (TPSA) is 75.9 Å². The van der Waals surface area contributed by atoms with Crippen molar-refractivity contribution < 1.29 is 14.5 Å². The third-order valence-electron chi connectivity index (χ3n) is 4.35. The van der Waals surface area contributed by atoms with E-state index in [-0.39, 0.29) is 16.5 Å². The Kier molecular flexibility index (Phi) is 6.40. The molecule has 7 nitrogen and oxygen atoms in total. The lowest BCUT2D eigenvalue weighted by atomic mass is 10.1. The van der Waals surface area contributed by atoms with Gasteiger partial charge in [0.05, 0.1) is 18.1 Å². The van der Waals surface area contributed by atoms with Gasteiger partial charge in [-0.25, -0.2) is 0 Å². The molecule has 0 aromatic heterocycles. The molecule has 0 N–H and O–H groups in total. The van der Waals surface area contributed by atoms with E-state index in [1.807, 2.05) is 9.80 Å². The Morgan fingerprint density at radius 1 is 1.25 bits per heavy atom. The maximum Gasteiger partial charge on any atom is 0.296 e. The van der Waals surface area contributed by atoms with Crippen molar-refractivity contribution in [3.8, 4) is 5.75 Å². The molecule has 1 fully saturated rings. The van der Waals surface area contributed by atoms with Crippen LogP contribution in [0, 0.1) is 10.1 Å². The van der Waals surface area contributed by atoms with E-state index in [1.54, 1.807) is 12.1 Å². The number of anilines is 1. The summed E-state index contributed by atoms with van der Waals surface area (Å²) in [5.74, 6) is 0.655. The van der Waals surface area contributed by atoms with Crippen molar-refractivity contribution in [2.75, 3.05) is 38.2 Å². The second-order valence-corrected chi connectivity index (χ2v) is 5.94. The van der Waals surface area contributed by atoms with E-state index in [2.05, 4.69) is 6.92 Å². The molecule has 1 saturated heterocycles. The molecule has 7 heteroatoms. The van der Waals surface area contributed by atoms with Crippen LogP contribution in [0.5, 0.6) is 5.75 Å². The highest BCUT2D eigenvalue weighted by Gasteiger charge is 2.26. The summed E-state index contributed by atoms with van der Waals surface area (Å²) in [6.45, 7) is 4.53. The Balaban J connectivity index is 1.99. The number of ether oxygens (including phenoxy) is 1. The minimum absolute atomic E-state index is 0.0390. The summed E-state index contributed by atoms with van der Waals surface area (Å²) in [5, 5.41) is 11.3. The molecule has 1 aromatic rings. The fraction of sp³-hybridized carbons (Fsp3) is 0.588. The van der Waals surface area contributed by atoms with Gasteiger partial charge >= 0.3 is 0 Å². The van der Waals surface area contributed by atoms with Crippen LogP contribution in [0.15, 0.2) is 18.2 Å². The fourth-order valence-electron chi connectivity index (χ4n) is 2.92. The van der Waals surface area contributed by atoms with Crippen LogP contribution in [-0.2, 0) is 4.79 Å². The van der Waals surface area contributed by atoms with Gasteiger partial charge in [-0.05, 0) is 18.6 Å². The summed E-state index contributed by atoms with van der Waals surface area (Å²) in [4.78, 5) is 26.9. The van der Waals surface area contributed by atoms with Crippen LogP contribution >= 0.6 is 0 Å². The first kappa shape index (κ1) is 18.0. The molecule has 1 heterocycles. The average molecular weight is 335 g/mol. The van der Waals surface area contributed by atoms with E-state index in [0.717, 1.165) is 19.3 Å². The number of carbonyl (C=O) groups is 1. The molecule has 1 amide bonds. The normalized spacial score (nSPS) is 14.6. The average Bonchev–Trinajstić information content (AvgIpc) is 2.61. The molecule has 132 valence electrons. The van der Waals surface area contributed by atoms with E-state index in [9.17, 15) is 14.9 Å². The molecule has 0 radical (unpaired) electrons. The van der Waals surface area contributed by atoms with Gasteiger partial charge < -0.3 is 14.5 Å². The third kappa shape index (κ3) is 4.37. The van der Waals surface area contributed by atoms with Crippen molar-refractivity contribution in [3.63, 3.8) is 0 Å². The first-order valence-corrected chi connectivity index (χ1v) is 8.42. The highest BCUT2D eigenvalue weighted by atomic mass is 16.6. The summed E-state index contributed by atoms with van der Waals surface area (Å²) in [5.41, 5.74) is 0.621. The molecular formula is C17H25N3O4. The number of rotatable bonds is 7. The molecular weight excluding hydrogens is 310 g/mol. The number of hydrogen-bond donors (Lipinski definition) is 0. The van der Waals surface area contributed by atoms with Gasteiger partial charge in [-0.1, -0.05) is 19.8 Å². The van der Waals surface area contributed by atoms with Crippen LogP contribution in [0.25, 0.3) is 0 Å². The summed E-state index contributed by atoms with van der Waals surface area (Å²) >= 11 is 0. The Morgan fingerprint density at radius 2 is 1.96 bits per heavy atom. The molecule has 0 saturated carbocycles. The lowest BCUT2D eigenvalue weighted by Crippen LogP contribution is -2.48. The fourth-order valence-corrected chi connectivity index (χ4v) is 2.92. The Bertz CT molecular complexity index is 583. The van der Waals surface area contributed by atoms with Crippen molar-refractivity contribution in [1.82, 2.24) is 4.90 Å². The van der Waals surface area contributed by atoms with Crippen LogP contribution in [0.3, 0.4) is 0 Å². The van der Waals surface area contributed by atoms with Gasteiger partial charge in [0.1, 0.15) is 11.4 Å². The van der Waals surface area contributed by atoms with Crippen molar-refractivity contribution in [2.24, 2.45) is 0 Å². The number of unbranched alkanes of at least 4 members (excludes halogenated alkanes) is 2. The number of methoxy groups -OCH3 is 1. The number of amides is 1. The predicted molar refractivity (Wildman–Crippen MR) is 92.6 cm³/mol. The van der Waals surface area contributed by atoms with Gasteiger partial charge in [0.25, 0.3) is 5.69 Å². The molecule has 0 aliphatic carbocycles. The van der Waals surface area contributed by atoms with E-state index in [4.69, 9.17) is 4.74 Å². The second-order valence-electron chi connectivity index (χ2n) is 5.94. The van der Waals surface area contributed by atoms with Crippen molar-refractivity contribution >= 4 is 17.3 Å². The Labute approximate surface area is 142 Å². The molecule has 1 aliphatic heterocycles. The van der Waals surface area contributed by atoms with E-state index in [0.29, 0.717) is 44.0 Å². The van der Waals surface area contributed by atoms with Crippen molar-refractivity contribution in [2.45, 2.75) is 32.6 Å². The van der Waals surface area contributed by atoms with Crippen LogP contribution in [0.4, 0.5) is 11.4 Å². The lowest BCUT2D eigenvalue weighted by molar-refractivity contribution is -0.384. The minimum atomic E-state index is -0.389. The van der Waals surface area contributed by atoms with E-state index in [1.165, 1.54) is 13.2 Å². The van der Waals surface area contributed by atoms with Gasteiger partial charge in [-0.15, -0.1) is 0 Å². The van der Waals surface area contributed by atoms with Gasteiger partial charge in [0.15, 0.2) is 0 Å². The zero-order valence-electron chi connectivity index (χ0n) is 14.4. The van der Waals surface area contributed by atoms with Crippen molar-refractivity contribution in [1.29, 1.82) is 0 Å². The summed E-state index contributed by atoms with van der Waals surface area (Å²) in [6, 6.07) is 4.89. The molecule has 0 unspecified atom stereocenters. The molecule has 1 aromatic carbocycles. The number of nitro benzene ring substituents is 1.